The maximum atomic E-state index is 12.4. The maximum absolute atomic E-state index is 12.4. The van der Waals surface area contributed by atoms with Crippen LogP contribution in [0.4, 0.5) is 0 Å². The van der Waals surface area contributed by atoms with Crippen LogP contribution in [0.5, 0.6) is 0 Å². The van der Waals surface area contributed by atoms with Gasteiger partial charge in [0.2, 0.25) is 11.7 Å². The van der Waals surface area contributed by atoms with Crippen LogP contribution in [-0.2, 0) is 11.2 Å². The zero-order valence-corrected chi connectivity index (χ0v) is 15.4. The summed E-state index contributed by atoms with van der Waals surface area (Å²) in [6, 6.07) is 1.72. The van der Waals surface area contributed by atoms with Crippen LogP contribution in [0.2, 0.25) is 0 Å². The number of hydrogen-bond acceptors (Lipinski definition) is 7. The quantitative estimate of drug-likeness (QED) is 0.795. The molecule has 0 N–H and O–H groups in total. The van der Waals surface area contributed by atoms with E-state index in [-0.39, 0.29) is 11.7 Å². The lowest BCUT2D eigenvalue weighted by molar-refractivity contribution is 0.0674. The van der Waals surface area contributed by atoms with Gasteiger partial charge in [-0.2, -0.15) is 4.98 Å². The van der Waals surface area contributed by atoms with Crippen molar-refractivity contribution in [3.05, 3.63) is 36.0 Å². The first-order valence-corrected chi connectivity index (χ1v) is 9.76. The minimum atomic E-state index is -0.0756. The highest BCUT2D eigenvalue weighted by Gasteiger charge is 2.26. The topological polar surface area (TPSA) is 94.2 Å². The van der Waals surface area contributed by atoms with Crippen molar-refractivity contribution in [1.29, 1.82) is 0 Å². The smallest absolute Gasteiger partial charge is 0.291 e. The molecule has 0 bridgehead atoms. The van der Waals surface area contributed by atoms with Crippen LogP contribution in [0.1, 0.15) is 60.4 Å². The highest BCUT2D eigenvalue weighted by molar-refractivity contribution is 5.90. The van der Waals surface area contributed by atoms with Gasteiger partial charge in [0, 0.05) is 51.0 Å². The third-order valence-corrected chi connectivity index (χ3v) is 5.49. The van der Waals surface area contributed by atoms with Gasteiger partial charge in [0.05, 0.1) is 0 Å². The average molecular weight is 371 g/mol. The van der Waals surface area contributed by atoms with Crippen LogP contribution in [-0.4, -0.2) is 57.2 Å². The number of carbonyl (C=O) groups is 1. The lowest BCUT2D eigenvalue weighted by atomic mass is 9.92. The fourth-order valence-corrected chi connectivity index (χ4v) is 3.79. The van der Waals surface area contributed by atoms with E-state index in [9.17, 15) is 4.79 Å². The summed E-state index contributed by atoms with van der Waals surface area (Å²) in [5.74, 6) is 2.69. The van der Waals surface area contributed by atoms with Crippen molar-refractivity contribution in [2.75, 3.05) is 26.3 Å². The molecule has 4 heterocycles. The zero-order valence-electron chi connectivity index (χ0n) is 15.4. The van der Waals surface area contributed by atoms with E-state index >= 15 is 0 Å². The number of aromatic nitrogens is 4. The largest absolute Gasteiger partial charge is 0.381 e. The fraction of sp³-hybridized carbons (Fsp3) is 0.632. The van der Waals surface area contributed by atoms with Gasteiger partial charge in [-0.15, -0.1) is 0 Å². The SMILES string of the molecule is O=C(c1ncccn1)N1CCC(CCc2noc(C3CCOCC3)n2)CC1. The standard InChI is InChI=1S/C19H25N5O3/c25-19(17-20-8-1-9-21-17)24-10-4-14(5-11-24)2-3-16-22-18(27-23-16)15-6-12-26-13-7-15/h1,8-9,14-15H,2-7,10-13H2. The molecule has 1 amide bonds. The summed E-state index contributed by atoms with van der Waals surface area (Å²) in [7, 11) is 0. The van der Waals surface area contributed by atoms with E-state index in [0.717, 1.165) is 76.5 Å². The lowest BCUT2D eigenvalue weighted by Gasteiger charge is -2.31. The Labute approximate surface area is 158 Å². The highest BCUT2D eigenvalue weighted by atomic mass is 16.5. The minimum absolute atomic E-state index is 0.0756. The van der Waals surface area contributed by atoms with Gasteiger partial charge in [0.25, 0.3) is 5.91 Å². The summed E-state index contributed by atoms with van der Waals surface area (Å²) in [4.78, 5) is 26.9. The molecule has 0 spiro atoms. The summed E-state index contributed by atoms with van der Waals surface area (Å²) in [6.07, 6.45) is 8.95. The summed E-state index contributed by atoms with van der Waals surface area (Å²) >= 11 is 0. The van der Waals surface area contributed by atoms with Gasteiger partial charge in [-0.1, -0.05) is 5.16 Å². The van der Waals surface area contributed by atoms with Crippen molar-refractivity contribution in [2.24, 2.45) is 5.92 Å². The molecule has 0 aliphatic carbocycles. The summed E-state index contributed by atoms with van der Waals surface area (Å²) in [6.45, 7) is 3.05. The van der Waals surface area contributed by atoms with Crippen LogP contribution in [0, 0.1) is 5.92 Å². The van der Waals surface area contributed by atoms with Crippen molar-refractivity contribution >= 4 is 5.91 Å². The molecule has 0 radical (unpaired) electrons. The molecule has 27 heavy (non-hydrogen) atoms. The molecule has 2 saturated heterocycles. The molecule has 8 nitrogen and oxygen atoms in total. The van der Waals surface area contributed by atoms with E-state index in [2.05, 4.69) is 20.1 Å². The Morgan fingerprint density at radius 2 is 1.85 bits per heavy atom. The van der Waals surface area contributed by atoms with E-state index < -0.39 is 0 Å². The first kappa shape index (κ1) is 18.0. The molecule has 0 saturated carbocycles. The highest BCUT2D eigenvalue weighted by Crippen LogP contribution is 2.26. The predicted molar refractivity (Wildman–Crippen MR) is 96.1 cm³/mol. The predicted octanol–water partition coefficient (Wildman–Crippen LogP) is 2.24. The fourth-order valence-electron chi connectivity index (χ4n) is 3.79. The van der Waals surface area contributed by atoms with Gasteiger partial charge in [0.1, 0.15) is 0 Å². The van der Waals surface area contributed by atoms with E-state index in [1.54, 1.807) is 18.5 Å². The normalized spacial score (nSPS) is 19.3. The summed E-state index contributed by atoms with van der Waals surface area (Å²) < 4.78 is 10.8. The number of rotatable bonds is 5. The Morgan fingerprint density at radius 1 is 1.11 bits per heavy atom. The molecule has 0 atom stereocenters. The monoisotopic (exact) mass is 371 g/mol. The van der Waals surface area contributed by atoms with Gasteiger partial charge in [-0.3, -0.25) is 4.79 Å². The second-order valence-corrected chi connectivity index (χ2v) is 7.28. The van der Waals surface area contributed by atoms with E-state index in [0.29, 0.717) is 11.8 Å². The number of hydrogen-bond donors (Lipinski definition) is 0. The molecular formula is C19H25N5O3. The lowest BCUT2D eigenvalue weighted by Crippen LogP contribution is -2.39. The van der Waals surface area contributed by atoms with Crippen molar-refractivity contribution in [1.82, 2.24) is 25.0 Å². The van der Waals surface area contributed by atoms with Gasteiger partial charge in [-0.25, -0.2) is 9.97 Å². The number of aryl methyl sites for hydroxylation is 1. The van der Waals surface area contributed by atoms with Gasteiger partial charge >= 0.3 is 0 Å². The first-order valence-electron chi connectivity index (χ1n) is 9.76. The molecule has 2 aliphatic rings. The van der Waals surface area contributed by atoms with E-state index in [1.807, 2.05) is 4.90 Å². The number of amides is 1. The molecule has 2 fully saturated rings. The molecule has 0 unspecified atom stereocenters. The maximum Gasteiger partial charge on any atom is 0.291 e. The van der Waals surface area contributed by atoms with Crippen molar-refractivity contribution in [3.8, 4) is 0 Å². The molecule has 144 valence electrons. The molecule has 0 aromatic carbocycles. The van der Waals surface area contributed by atoms with Crippen LogP contribution < -0.4 is 0 Å². The molecule has 2 aliphatic heterocycles. The second kappa shape index (κ2) is 8.56. The Kier molecular flexibility index (Phi) is 5.72. The minimum Gasteiger partial charge on any atom is -0.381 e. The van der Waals surface area contributed by atoms with Crippen LogP contribution in [0.15, 0.2) is 23.0 Å². The van der Waals surface area contributed by atoms with Crippen LogP contribution >= 0.6 is 0 Å². The number of nitrogens with zero attached hydrogens (tertiary/aromatic N) is 5. The average Bonchev–Trinajstić information content (AvgIpc) is 3.22. The van der Waals surface area contributed by atoms with Crippen molar-refractivity contribution in [2.45, 2.75) is 44.4 Å². The Balaban J connectivity index is 1.23. The van der Waals surface area contributed by atoms with Crippen LogP contribution in [0.25, 0.3) is 0 Å². The third-order valence-electron chi connectivity index (χ3n) is 5.49. The number of piperidine rings is 1. The first-order chi connectivity index (χ1) is 13.3. The van der Waals surface area contributed by atoms with Crippen LogP contribution in [0.3, 0.4) is 0 Å². The summed E-state index contributed by atoms with van der Waals surface area (Å²) in [5.41, 5.74) is 0. The molecule has 8 heteroatoms. The van der Waals surface area contributed by atoms with Crippen molar-refractivity contribution in [3.63, 3.8) is 0 Å². The molecule has 2 aromatic heterocycles. The number of ether oxygens (including phenoxy) is 1. The number of likely N-dealkylation sites (tertiary alicyclic amines) is 1. The molecular weight excluding hydrogens is 346 g/mol. The second-order valence-electron chi connectivity index (χ2n) is 7.28. The van der Waals surface area contributed by atoms with E-state index in [1.165, 1.54) is 0 Å². The molecule has 4 rings (SSSR count). The third kappa shape index (κ3) is 4.50. The number of carbonyl (C=O) groups excluding carboxylic acids is 1. The Bertz CT molecular complexity index is 737. The Morgan fingerprint density at radius 3 is 2.59 bits per heavy atom. The van der Waals surface area contributed by atoms with Crippen molar-refractivity contribution < 1.29 is 14.1 Å². The van der Waals surface area contributed by atoms with Gasteiger partial charge < -0.3 is 14.2 Å². The zero-order chi connectivity index (χ0) is 18.5. The Hall–Kier alpha value is -2.35. The summed E-state index contributed by atoms with van der Waals surface area (Å²) in [5, 5.41) is 4.15. The van der Waals surface area contributed by atoms with E-state index in [4.69, 9.17) is 9.26 Å². The van der Waals surface area contributed by atoms with Gasteiger partial charge in [0.15, 0.2) is 5.82 Å². The molecule has 2 aromatic rings. The van der Waals surface area contributed by atoms with Gasteiger partial charge in [-0.05, 0) is 44.1 Å².